The third-order valence-corrected chi connectivity index (χ3v) is 9.81. The first-order valence-electron chi connectivity index (χ1n) is 19.2. The molecule has 3 aromatic carbocycles. The fourth-order valence-electron chi connectivity index (χ4n) is 6.94. The number of primary amides is 1. The third kappa shape index (κ3) is 11.1. The van der Waals surface area contributed by atoms with E-state index in [0.29, 0.717) is 6.42 Å². The van der Waals surface area contributed by atoms with Crippen LogP contribution in [0.1, 0.15) is 57.2 Å². The molecule has 5 aromatic rings. The summed E-state index contributed by atoms with van der Waals surface area (Å²) in [6.07, 6.45) is 4.64. The zero-order valence-electron chi connectivity index (χ0n) is 32.4. The molecule has 5 rings (SSSR count). The molecule has 10 N–H and O–H groups in total. The Morgan fingerprint density at radius 3 is 1.52 bits per heavy atom. The molecular weight excluding hydrogens is 709 g/mol. The van der Waals surface area contributed by atoms with Crippen molar-refractivity contribution in [3.8, 4) is 0 Å². The second-order valence-corrected chi connectivity index (χ2v) is 15.3. The van der Waals surface area contributed by atoms with Gasteiger partial charge in [-0.3, -0.25) is 24.0 Å². The number of carbonyl (C=O) groups is 5. The summed E-state index contributed by atoms with van der Waals surface area (Å²) in [6, 6.07) is 19.4. The number of amides is 5. The van der Waals surface area contributed by atoms with E-state index in [1.807, 2.05) is 113 Å². The lowest BCUT2D eigenvalue weighted by molar-refractivity contribution is -0.134. The highest BCUT2D eigenvalue weighted by Crippen LogP contribution is 2.21. The first kappa shape index (κ1) is 41.2. The molecule has 296 valence electrons. The van der Waals surface area contributed by atoms with Crippen LogP contribution in [0.4, 0.5) is 0 Å². The number of hydrogen-bond donors (Lipinski definition) is 8. The van der Waals surface area contributed by atoms with Gasteiger partial charge in [-0.1, -0.05) is 94.4 Å². The van der Waals surface area contributed by atoms with Crippen molar-refractivity contribution in [1.29, 1.82) is 0 Å². The van der Waals surface area contributed by atoms with Gasteiger partial charge in [-0.15, -0.1) is 0 Å². The van der Waals surface area contributed by atoms with E-state index in [-0.39, 0.29) is 37.5 Å². The van der Waals surface area contributed by atoms with Gasteiger partial charge in [0.1, 0.15) is 24.2 Å². The number of fused-ring (bicyclic) bond motifs is 2. The lowest BCUT2D eigenvalue weighted by Gasteiger charge is -2.27. The summed E-state index contributed by atoms with van der Waals surface area (Å²) in [5.74, 6) is -2.88. The first-order valence-corrected chi connectivity index (χ1v) is 19.2. The predicted octanol–water partition coefficient (Wildman–Crippen LogP) is 3.52. The number of hydrogen-bond acceptors (Lipinski definition) is 6. The van der Waals surface area contributed by atoms with Crippen molar-refractivity contribution < 1.29 is 24.0 Å². The largest absolute Gasteiger partial charge is 0.368 e. The van der Waals surface area contributed by atoms with Crippen molar-refractivity contribution in [3.05, 3.63) is 108 Å². The van der Waals surface area contributed by atoms with Gasteiger partial charge < -0.3 is 42.7 Å². The fourth-order valence-corrected chi connectivity index (χ4v) is 6.94. The molecule has 2 aromatic heterocycles. The number of rotatable bonds is 19. The Labute approximate surface area is 327 Å². The van der Waals surface area contributed by atoms with Gasteiger partial charge in [-0.25, -0.2) is 0 Å². The van der Waals surface area contributed by atoms with Crippen LogP contribution < -0.4 is 32.7 Å². The van der Waals surface area contributed by atoms with Crippen molar-refractivity contribution in [2.75, 3.05) is 0 Å². The van der Waals surface area contributed by atoms with Gasteiger partial charge in [0.15, 0.2) is 0 Å². The molecule has 5 amide bonds. The second kappa shape index (κ2) is 19.1. The Hall–Kier alpha value is -5.95. The van der Waals surface area contributed by atoms with E-state index in [9.17, 15) is 24.0 Å². The molecule has 0 aliphatic carbocycles. The molecule has 0 fully saturated rings. The normalized spacial score (nSPS) is 14.2. The molecule has 13 nitrogen and oxygen atoms in total. The van der Waals surface area contributed by atoms with Crippen LogP contribution in [0.2, 0.25) is 0 Å². The quantitative estimate of drug-likeness (QED) is 0.0629. The molecule has 2 heterocycles. The topological polar surface area (TPSA) is 217 Å². The molecule has 0 spiro atoms. The number of para-hydroxylation sites is 2. The minimum absolute atomic E-state index is 0.0104. The first-order chi connectivity index (χ1) is 26.8. The van der Waals surface area contributed by atoms with Crippen LogP contribution in [0, 0.1) is 11.8 Å². The van der Waals surface area contributed by atoms with Crippen molar-refractivity contribution in [3.63, 3.8) is 0 Å². The Kier molecular flexibility index (Phi) is 14.0. The van der Waals surface area contributed by atoms with Gasteiger partial charge in [-0.05, 0) is 59.9 Å². The van der Waals surface area contributed by atoms with Gasteiger partial charge in [0.2, 0.25) is 29.5 Å². The maximum absolute atomic E-state index is 14.3. The van der Waals surface area contributed by atoms with E-state index in [1.165, 1.54) is 0 Å². The van der Waals surface area contributed by atoms with Crippen LogP contribution >= 0.6 is 0 Å². The van der Waals surface area contributed by atoms with Crippen molar-refractivity contribution in [2.24, 2.45) is 23.3 Å². The van der Waals surface area contributed by atoms with E-state index < -0.39 is 59.7 Å². The summed E-state index contributed by atoms with van der Waals surface area (Å²) in [6.45, 7) is 7.66. The second-order valence-electron chi connectivity index (χ2n) is 15.3. The number of carbonyl (C=O) groups excluding carboxylic acids is 5. The number of aromatic nitrogens is 2. The highest BCUT2D eigenvalue weighted by Gasteiger charge is 2.33. The van der Waals surface area contributed by atoms with E-state index in [0.717, 1.165) is 38.5 Å². The molecule has 0 aliphatic rings. The Balaban J connectivity index is 1.40. The van der Waals surface area contributed by atoms with Gasteiger partial charge in [0.25, 0.3) is 0 Å². The van der Waals surface area contributed by atoms with Crippen LogP contribution in [0.5, 0.6) is 0 Å². The molecule has 0 radical (unpaired) electrons. The summed E-state index contributed by atoms with van der Waals surface area (Å²) >= 11 is 0. The summed E-state index contributed by atoms with van der Waals surface area (Å²) in [5.41, 5.74) is 16.3. The Morgan fingerprint density at radius 2 is 0.964 bits per heavy atom. The molecule has 13 heteroatoms. The van der Waals surface area contributed by atoms with E-state index in [1.54, 1.807) is 6.20 Å². The smallest absolute Gasteiger partial charge is 0.243 e. The van der Waals surface area contributed by atoms with E-state index in [4.69, 9.17) is 11.5 Å². The zero-order chi connectivity index (χ0) is 40.4. The Bertz CT molecular complexity index is 2120. The number of benzene rings is 3. The lowest BCUT2D eigenvalue weighted by Crippen LogP contribution is -2.59. The van der Waals surface area contributed by atoms with Crippen LogP contribution in [-0.2, 0) is 43.2 Å². The summed E-state index contributed by atoms with van der Waals surface area (Å²) in [5, 5.41) is 13.2. The fraction of sp³-hybridized carbons (Fsp3) is 0.372. The van der Waals surface area contributed by atoms with Crippen LogP contribution in [0.3, 0.4) is 0 Å². The Morgan fingerprint density at radius 1 is 0.536 bits per heavy atom. The number of H-pyrrole nitrogens is 2. The number of nitrogens with one attached hydrogen (secondary N) is 6. The van der Waals surface area contributed by atoms with Gasteiger partial charge in [0, 0.05) is 47.0 Å². The molecule has 0 saturated carbocycles. The van der Waals surface area contributed by atoms with Gasteiger partial charge in [0.05, 0.1) is 6.04 Å². The van der Waals surface area contributed by atoms with Crippen LogP contribution in [-0.4, -0.2) is 69.7 Å². The number of nitrogens with two attached hydrogens (primary N) is 2. The molecule has 56 heavy (non-hydrogen) atoms. The van der Waals surface area contributed by atoms with E-state index in [2.05, 4.69) is 31.2 Å². The summed E-state index contributed by atoms with van der Waals surface area (Å²) < 4.78 is 0. The average Bonchev–Trinajstić information content (AvgIpc) is 3.77. The summed E-state index contributed by atoms with van der Waals surface area (Å²) in [4.78, 5) is 74.6. The van der Waals surface area contributed by atoms with E-state index >= 15 is 0 Å². The molecule has 5 atom stereocenters. The molecular formula is C43H54N8O5. The number of aromatic amines is 2. The third-order valence-electron chi connectivity index (χ3n) is 9.81. The monoisotopic (exact) mass is 762 g/mol. The minimum atomic E-state index is -1.16. The SMILES string of the molecule is CC(C)CC(NC(=O)C(CC(C)C)NC(=O)C(Cc1c[nH]c2ccccc12)NC(=O)C(Cc1ccccc1)NC(=O)C(N)Cc1c[nH]c2ccccc12)C(N)=O. The maximum Gasteiger partial charge on any atom is 0.243 e. The lowest BCUT2D eigenvalue weighted by atomic mass is 9.98. The maximum atomic E-state index is 14.3. The minimum Gasteiger partial charge on any atom is -0.368 e. The standard InChI is InChI=1S/C43H54N8O5/c1-25(2)18-35(39(45)52)48-41(54)36(19-26(3)4)50-43(56)38(22-29-24-47-34-17-11-9-15-31(29)34)51-42(55)37(20-27-12-6-5-7-13-27)49-40(53)32(44)21-28-23-46-33-16-10-8-14-30(28)33/h5-17,23-26,32,35-38,46-47H,18-22,44H2,1-4H3,(H2,45,52)(H,48,54)(H,49,53)(H,50,56)(H,51,55). The van der Waals surface area contributed by atoms with Gasteiger partial charge >= 0.3 is 0 Å². The summed E-state index contributed by atoms with van der Waals surface area (Å²) in [7, 11) is 0. The molecule has 0 aliphatic heterocycles. The highest BCUT2D eigenvalue weighted by atomic mass is 16.2. The zero-order valence-corrected chi connectivity index (χ0v) is 32.4. The van der Waals surface area contributed by atoms with Gasteiger partial charge in [-0.2, -0.15) is 0 Å². The predicted molar refractivity (Wildman–Crippen MR) is 218 cm³/mol. The van der Waals surface area contributed by atoms with Crippen molar-refractivity contribution in [2.45, 2.75) is 90.0 Å². The molecule has 5 unspecified atom stereocenters. The van der Waals surface area contributed by atoms with Crippen molar-refractivity contribution >= 4 is 51.3 Å². The molecule has 0 bridgehead atoms. The average molecular weight is 763 g/mol. The van der Waals surface area contributed by atoms with Crippen molar-refractivity contribution in [1.82, 2.24) is 31.2 Å². The van der Waals surface area contributed by atoms with Crippen LogP contribution in [0.15, 0.2) is 91.3 Å². The van der Waals surface area contributed by atoms with Crippen LogP contribution in [0.25, 0.3) is 21.8 Å². The highest BCUT2D eigenvalue weighted by molar-refractivity contribution is 5.96. The molecule has 0 saturated heterocycles.